The maximum absolute atomic E-state index is 3.73. The fourth-order valence-corrected chi connectivity index (χ4v) is 6.24. The van der Waals surface area contributed by atoms with Crippen LogP contribution in [0.1, 0.15) is 65.5 Å². The summed E-state index contributed by atoms with van der Waals surface area (Å²) in [6, 6.07) is 19.0. The molecular formula is C25H35NS2. The van der Waals surface area contributed by atoms with Gasteiger partial charge in [-0.15, -0.1) is 23.5 Å². The van der Waals surface area contributed by atoms with E-state index in [1.54, 1.807) is 0 Å². The van der Waals surface area contributed by atoms with E-state index in [-0.39, 0.29) is 10.8 Å². The molecule has 0 unspecified atom stereocenters. The van der Waals surface area contributed by atoms with Crippen LogP contribution >= 0.6 is 23.5 Å². The molecule has 1 aliphatic heterocycles. The van der Waals surface area contributed by atoms with Gasteiger partial charge in [-0.3, -0.25) is 0 Å². The molecule has 1 aliphatic rings. The lowest BCUT2D eigenvalue weighted by Crippen LogP contribution is -2.30. The van der Waals surface area contributed by atoms with Crippen molar-refractivity contribution in [3.63, 3.8) is 0 Å². The molecule has 0 amide bonds. The molecule has 2 aromatic carbocycles. The molecule has 152 valence electrons. The summed E-state index contributed by atoms with van der Waals surface area (Å²) in [4.78, 5) is 2.73. The van der Waals surface area contributed by atoms with Crippen LogP contribution in [0.2, 0.25) is 0 Å². The topological polar surface area (TPSA) is 12.0 Å². The Bertz CT molecular complexity index is 686. The predicted octanol–water partition coefficient (Wildman–Crippen LogP) is 7.24. The SMILES string of the molecule is CC(C)(C)c1ccc(SC(Sc2ccc(C(C)(C)C)cc2)[C@@H]2CCCN2)cc1. The maximum atomic E-state index is 3.73. The fraction of sp³-hybridized carbons (Fsp3) is 0.520. The first-order valence-corrected chi connectivity index (χ1v) is 12.2. The van der Waals surface area contributed by atoms with E-state index in [4.69, 9.17) is 0 Å². The Balaban J connectivity index is 1.74. The van der Waals surface area contributed by atoms with Gasteiger partial charge in [0.1, 0.15) is 0 Å². The summed E-state index contributed by atoms with van der Waals surface area (Å²) in [5, 5.41) is 3.73. The van der Waals surface area contributed by atoms with Gasteiger partial charge in [0.25, 0.3) is 0 Å². The third-order valence-corrected chi connectivity index (χ3v) is 8.16. The first kappa shape index (κ1) is 21.8. The van der Waals surface area contributed by atoms with Gasteiger partial charge in [0, 0.05) is 15.8 Å². The zero-order chi connectivity index (χ0) is 20.4. The van der Waals surface area contributed by atoms with Crippen LogP contribution in [0.4, 0.5) is 0 Å². The second-order valence-electron chi connectivity index (χ2n) is 9.86. The summed E-state index contributed by atoms with van der Waals surface area (Å²) in [6.45, 7) is 14.8. The van der Waals surface area contributed by atoms with E-state index in [1.165, 1.54) is 33.8 Å². The third kappa shape index (κ3) is 5.81. The molecule has 1 atom stereocenters. The molecule has 0 aliphatic carbocycles. The average Bonchev–Trinajstić information content (AvgIpc) is 3.15. The van der Waals surface area contributed by atoms with Gasteiger partial charge in [0.15, 0.2) is 0 Å². The lowest BCUT2D eigenvalue weighted by Gasteiger charge is -2.24. The third-order valence-electron chi connectivity index (χ3n) is 5.37. The lowest BCUT2D eigenvalue weighted by molar-refractivity contribution is 0.589. The van der Waals surface area contributed by atoms with Gasteiger partial charge in [-0.1, -0.05) is 65.8 Å². The number of rotatable bonds is 5. The van der Waals surface area contributed by atoms with E-state index >= 15 is 0 Å². The normalized spacial score (nSPS) is 18.0. The number of benzene rings is 2. The summed E-state index contributed by atoms with van der Waals surface area (Å²) in [5.74, 6) is 0. The molecule has 3 heteroatoms. The van der Waals surface area contributed by atoms with Crippen molar-refractivity contribution in [2.45, 2.75) is 85.6 Å². The minimum absolute atomic E-state index is 0.207. The van der Waals surface area contributed by atoms with Crippen molar-refractivity contribution >= 4 is 23.5 Å². The Hall–Kier alpha value is -0.900. The van der Waals surface area contributed by atoms with Gasteiger partial charge in [-0.2, -0.15) is 0 Å². The Morgan fingerprint density at radius 1 is 0.750 bits per heavy atom. The van der Waals surface area contributed by atoms with Gasteiger partial charge in [-0.05, 0) is 65.6 Å². The van der Waals surface area contributed by atoms with Crippen molar-refractivity contribution in [3.05, 3.63) is 59.7 Å². The molecule has 0 aromatic heterocycles. The number of hydrogen-bond acceptors (Lipinski definition) is 3. The summed E-state index contributed by atoms with van der Waals surface area (Å²) in [5.41, 5.74) is 3.22. The van der Waals surface area contributed by atoms with Crippen molar-refractivity contribution < 1.29 is 0 Å². The number of hydrogen-bond donors (Lipinski definition) is 1. The highest BCUT2D eigenvalue weighted by atomic mass is 32.2. The van der Waals surface area contributed by atoms with Gasteiger partial charge in [0.2, 0.25) is 0 Å². The highest BCUT2D eigenvalue weighted by Gasteiger charge is 2.27. The highest BCUT2D eigenvalue weighted by molar-refractivity contribution is 8.17. The Kier molecular flexibility index (Phi) is 6.89. The Morgan fingerprint density at radius 3 is 1.50 bits per heavy atom. The van der Waals surface area contributed by atoms with E-state index in [1.807, 2.05) is 23.5 Å². The molecular weight excluding hydrogens is 378 g/mol. The van der Waals surface area contributed by atoms with Crippen molar-refractivity contribution in [2.24, 2.45) is 0 Å². The van der Waals surface area contributed by atoms with Gasteiger partial charge < -0.3 is 5.32 Å². The quantitative estimate of drug-likeness (QED) is 0.410. The van der Waals surface area contributed by atoms with E-state index in [0.29, 0.717) is 10.6 Å². The second kappa shape index (κ2) is 8.85. The first-order valence-electron chi connectivity index (χ1n) is 10.4. The van der Waals surface area contributed by atoms with Crippen LogP contribution in [0, 0.1) is 0 Å². The lowest BCUT2D eigenvalue weighted by atomic mass is 9.87. The molecule has 0 bridgehead atoms. The van der Waals surface area contributed by atoms with Crippen molar-refractivity contribution in [2.75, 3.05) is 6.54 Å². The molecule has 1 nitrogen and oxygen atoms in total. The summed E-state index contributed by atoms with van der Waals surface area (Å²) in [6.07, 6.45) is 2.55. The van der Waals surface area contributed by atoms with Crippen LogP contribution in [0.15, 0.2) is 58.3 Å². The molecule has 0 saturated carbocycles. The molecule has 3 rings (SSSR count). The smallest absolute Gasteiger partial charge is 0.0749 e. The molecule has 1 N–H and O–H groups in total. The van der Waals surface area contributed by atoms with Crippen LogP contribution in [0.5, 0.6) is 0 Å². The zero-order valence-corrected chi connectivity index (χ0v) is 19.8. The Labute approximate surface area is 180 Å². The van der Waals surface area contributed by atoms with Crippen molar-refractivity contribution in [1.29, 1.82) is 0 Å². The molecule has 0 spiro atoms. The van der Waals surface area contributed by atoms with Gasteiger partial charge in [0.05, 0.1) is 4.58 Å². The highest BCUT2D eigenvalue weighted by Crippen LogP contribution is 2.40. The molecule has 0 radical (unpaired) electrons. The van der Waals surface area contributed by atoms with Crippen molar-refractivity contribution in [1.82, 2.24) is 5.32 Å². The zero-order valence-electron chi connectivity index (χ0n) is 18.2. The van der Waals surface area contributed by atoms with Crippen LogP contribution < -0.4 is 5.32 Å². The van der Waals surface area contributed by atoms with Gasteiger partial charge in [-0.25, -0.2) is 0 Å². The summed E-state index contributed by atoms with van der Waals surface area (Å²) < 4.78 is 0.489. The maximum Gasteiger partial charge on any atom is 0.0749 e. The summed E-state index contributed by atoms with van der Waals surface area (Å²) in [7, 11) is 0. The molecule has 1 saturated heterocycles. The summed E-state index contributed by atoms with van der Waals surface area (Å²) >= 11 is 4.02. The molecule has 28 heavy (non-hydrogen) atoms. The first-order chi connectivity index (χ1) is 13.1. The minimum atomic E-state index is 0.207. The molecule has 1 heterocycles. The van der Waals surface area contributed by atoms with Crippen LogP contribution in [0.3, 0.4) is 0 Å². The standard InChI is InChI=1S/C25H35NS2/c1-24(2,3)18-9-13-20(14-10-18)27-23(22-8-7-17-26-22)28-21-15-11-19(12-16-21)25(4,5)6/h9-16,22-23,26H,7-8,17H2,1-6H3/t22-/m0/s1. The predicted molar refractivity (Wildman–Crippen MR) is 127 cm³/mol. The van der Waals surface area contributed by atoms with Crippen LogP contribution in [0.25, 0.3) is 0 Å². The molecule has 1 fully saturated rings. The van der Waals surface area contributed by atoms with Crippen LogP contribution in [-0.4, -0.2) is 17.2 Å². The minimum Gasteiger partial charge on any atom is -0.312 e. The van der Waals surface area contributed by atoms with Crippen molar-refractivity contribution in [3.8, 4) is 0 Å². The van der Waals surface area contributed by atoms with E-state index in [2.05, 4.69) is 95.4 Å². The number of thioether (sulfide) groups is 2. The van der Waals surface area contributed by atoms with E-state index in [0.717, 1.165) is 6.54 Å². The average molecular weight is 414 g/mol. The fourth-order valence-electron chi connectivity index (χ4n) is 3.47. The second-order valence-corrected chi connectivity index (χ2v) is 12.6. The van der Waals surface area contributed by atoms with E-state index in [9.17, 15) is 0 Å². The largest absolute Gasteiger partial charge is 0.312 e. The van der Waals surface area contributed by atoms with E-state index < -0.39 is 0 Å². The van der Waals surface area contributed by atoms with Crippen LogP contribution in [-0.2, 0) is 10.8 Å². The molecule has 2 aromatic rings. The number of nitrogens with one attached hydrogen (secondary N) is 1. The Morgan fingerprint density at radius 2 is 1.18 bits per heavy atom. The monoisotopic (exact) mass is 413 g/mol. The van der Waals surface area contributed by atoms with Gasteiger partial charge >= 0.3 is 0 Å².